The van der Waals surface area contributed by atoms with Crippen molar-refractivity contribution >= 4 is 23.4 Å². The molecule has 0 radical (unpaired) electrons. The van der Waals surface area contributed by atoms with Crippen molar-refractivity contribution in [3.63, 3.8) is 0 Å². The summed E-state index contributed by atoms with van der Waals surface area (Å²) in [5, 5.41) is 39.4. The minimum atomic E-state index is -1.20. The van der Waals surface area contributed by atoms with E-state index in [0.29, 0.717) is 0 Å². The molecule has 3 atom stereocenters. The van der Waals surface area contributed by atoms with E-state index in [0.717, 1.165) is 6.07 Å². The second kappa shape index (κ2) is 8.35. The number of hydrogen-bond acceptors (Lipinski definition) is 7. The molecule has 0 aromatic heterocycles. The Morgan fingerprint density at radius 3 is 2.54 bits per heavy atom. The molecule has 1 aromatic carbocycles. The van der Waals surface area contributed by atoms with E-state index in [2.05, 4.69) is 0 Å². The van der Waals surface area contributed by atoms with Gasteiger partial charge in [-0.1, -0.05) is 29.8 Å². The van der Waals surface area contributed by atoms with Gasteiger partial charge in [0, 0.05) is 24.5 Å². The minimum Gasteiger partial charge on any atom is -0.507 e. The van der Waals surface area contributed by atoms with Crippen molar-refractivity contribution in [2.24, 2.45) is 0 Å². The van der Waals surface area contributed by atoms with Gasteiger partial charge in [0.1, 0.15) is 23.2 Å². The first kappa shape index (κ1) is 20.0. The van der Waals surface area contributed by atoms with E-state index in [4.69, 9.17) is 16.3 Å². The van der Waals surface area contributed by atoms with Gasteiger partial charge in [-0.3, -0.25) is 4.79 Å². The Balaban J connectivity index is 2.51. The maximum Gasteiger partial charge on any atom is 0.342 e. The number of cyclic esters (lactones) is 1. The first-order chi connectivity index (χ1) is 12.2. The van der Waals surface area contributed by atoms with E-state index < -0.39 is 41.6 Å². The summed E-state index contributed by atoms with van der Waals surface area (Å²) in [6, 6.07) is 0.887. The van der Waals surface area contributed by atoms with Crippen molar-refractivity contribution in [3.8, 4) is 11.5 Å². The lowest BCUT2D eigenvalue weighted by Gasteiger charge is -2.21. The maximum absolute atomic E-state index is 12.5. The maximum atomic E-state index is 12.5. The van der Waals surface area contributed by atoms with Gasteiger partial charge in [0.2, 0.25) is 0 Å². The number of ketones is 1. The molecule has 0 saturated heterocycles. The zero-order valence-corrected chi connectivity index (χ0v) is 14.7. The summed E-state index contributed by atoms with van der Waals surface area (Å²) in [6.07, 6.45) is 1.64. The van der Waals surface area contributed by atoms with Crippen LogP contribution in [0.15, 0.2) is 30.4 Å². The molecule has 26 heavy (non-hydrogen) atoms. The molecule has 1 aromatic rings. The zero-order chi connectivity index (χ0) is 19.4. The van der Waals surface area contributed by atoms with Gasteiger partial charge >= 0.3 is 5.97 Å². The van der Waals surface area contributed by atoms with Crippen LogP contribution in [0.5, 0.6) is 11.5 Å². The average Bonchev–Trinajstić information content (AvgIpc) is 2.54. The number of aliphatic hydroxyl groups is 2. The molecule has 0 fully saturated rings. The molecule has 8 heteroatoms. The molecule has 0 aliphatic carbocycles. The largest absolute Gasteiger partial charge is 0.507 e. The number of phenols is 2. The van der Waals surface area contributed by atoms with Crippen LogP contribution in [-0.2, 0) is 16.0 Å². The normalized spacial score (nSPS) is 27.2. The Bertz CT molecular complexity index is 769. The quantitative estimate of drug-likeness (QED) is 0.503. The van der Waals surface area contributed by atoms with Gasteiger partial charge in [0.25, 0.3) is 0 Å². The molecule has 2 rings (SSSR count). The van der Waals surface area contributed by atoms with Gasteiger partial charge in [-0.15, -0.1) is 0 Å². The summed E-state index contributed by atoms with van der Waals surface area (Å²) < 4.78 is 5.19. The predicted molar refractivity (Wildman–Crippen MR) is 93.3 cm³/mol. The smallest absolute Gasteiger partial charge is 0.342 e. The summed E-state index contributed by atoms with van der Waals surface area (Å²) in [6.45, 7) is 1.51. The van der Waals surface area contributed by atoms with Crippen LogP contribution in [0.1, 0.15) is 29.3 Å². The lowest BCUT2D eigenvalue weighted by molar-refractivity contribution is -0.114. The molecule has 0 bridgehead atoms. The molecular weight excluding hydrogens is 364 g/mol. The number of carbonyl (C=O) groups excluding carboxylic acids is 2. The number of esters is 1. The van der Waals surface area contributed by atoms with Crippen LogP contribution < -0.4 is 0 Å². The van der Waals surface area contributed by atoms with E-state index in [9.17, 15) is 30.0 Å². The molecule has 7 nitrogen and oxygen atoms in total. The van der Waals surface area contributed by atoms with Crippen LogP contribution in [0.4, 0.5) is 0 Å². The molecule has 140 valence electrons. The fraction of sp³-hybridized carbons (Fsp3) is 0.333. The average molecular weight is 383 g/mol. The van der Waals surface area contributed by atoms with E-state index >= 15 is 0 Å². The summed E-state index contributed by atoms with van der Waals surface area (Å²) in [5.74, 6) is -2.47. The number of allylic oxidation sites excluding steroid dienone is 3. The zero-order valence-electron chi connectivity index (χ0n) is 13.9. The fourth-order valence-electron chi connectivity index (χ4n) is 2.55. The monoisotopic (exact) mass is 382 g/mol. The molecule has 0 saturated carbocycles. The van der Waals surface area contributed by atoms with Crippen LogP contribution in [-0.4, -0.2) is 50.5 Å². The second-order valence-corrected chi connectivity index (χ2v) is 6.36. The van der Waals surface area contributed by atoms with E-state index in [1.807, 2.05) is 0 Å². The Labute approximate surface area is 154 Å². The third kappa shape index (κ3) is 4.63. The van der Waals surface area contributed by atoms with Crippen LogP contribution in [0, 0.1) is 0 Å². The number of phenolic OH excluding ortho intramolecular Hbond substituents is 2. The van der Waals surface area contributed by atoms with Gasteiger partial charge in [-0.25, -0.2) is 4.79 Å². The van der Waals surface area contributed by atoms with E-state index in [-0.39, 0.29) is 29.0 Å². The summed E-state index contributed by atoms with van der Waals surface area (Å²) in [4.78, 5) is 24.6. The van der Waals surface area contributed by atoms with Crippen LogP contribution in [0.25, 0.3) is 0 Å². The summed E-state index contributed by atoms with van der Waals surface area (Å²) >= 11 is 6.01. The Morgan fingerprint density at radius 2 is 1.85 bits per heavy atom. The third-order valence-electron chi connectivity index (χ3n) is 3.85. The standard InChI is InChI=1S/C18H19ClO7/c1-9-6-13(22)12(21)5-3-2-4-10(20)7-11-16(18(25)26-9)14(23)8-15(24)17(11)19/h2-5,8-9,12-13,21-24H,6-7H2,1H3/b4-2+,5-3-/t9-,12+,13-/m1/s1. The predicted octanol–water partition coefficient (Wildman–Crippen LogP) is 1.65. The molecular formula is C18H19ClO7. The summed E-state index contributed by atoms with van der Waals surface area (Å²) in [7, 11) is 0. The highest BCUT2D eigenvalue weighted by Crippen LogP contribution is 2.37. The van der Waals surface area contributed by atoms with Gasteiger partial charge in [-0.2, -0.15) is 0 Å². The molecule has 0 unspecified atom stereocenters. The van der Waals surface area contributed by atoms with Crippen LogP contribution >= 0.6 is 11.6 Å². The number of benzene rings is 1. The Kier molecular flexibility index (Phi) is 6.42. The second-order valence-electron chi connectivity index (χ2n) is 5.98. The van der Waals surface area contributed by atoms with E-state index in [1.165, 1.54) is 31.2 Å². The minimum absolute atomic E-state index is 0.0538. The molecule has 0 spiro atoms. The van der Waals surface area contributed by atoms with Gasteiger partial charge in [-0.05, 0) is 13.0 Å². The molecule has 1 heterocycles. The Hall–Kier alpha value is -2.35. The third-order valence-corrected chi connectivity index (χ3v) is 4.28. The lowest BCUT2D eigenvalue weighted by Crippen LogP contribution is -2.30. The Morgan fingerprint density at radius 1 is 1.15 bits per heavy atom. The van der Waals surface area contributed by atoms with Crippen molar-refractivity contribution in [3.05, 3.63) is 46.5 Å². The van der Waals surface area contributed by atoms with Crippen molar-refractivity contribution in [2.45, 2.75) is 38.1 Å². The topological polar surface area (TPSA) is 124 Å². The van der Waals surface area contributed by atoms with Gasteiger partial charge in [0.05, 0.1) is 17.2 Å². The van der Waals surface area contributed by atoms with Crippen molar-refractivity contribution < 1.29 is 34.8 Å². The number of halogens is 1. The van der Waals surface area contributed by atoms with Crippen LogP contribution in [0.3, 0.4) is 0 Å². The van der Waals surface area contributed by atoms with Crippen molar-refractivity contribution in [1.82, 2.24) is 0 Å². The fourth-order valence-corrected chi connectivity index (χ4v) is 2.77. The first-order valence-corrected chi connectivity index (χ1v) is 8.26. The number of ether oxygens (including phenoxy) is 1. The number of aliphatic hydroxyl groups excluding tert-OH is 2. The molecule has 4 N–H and O–H groups in total. The van der Waals surface area contributed by atoms with Crippen LogP contribution in [0.2, 0.25) is 5.02 Å². The number of aromatic hydroxyl groups is 2. The molecule has 1 aliphatic rings. The highest BCUT2D eigenvalue weighted by Gasteiger charge is 2.27. The highest BCUT2D eigenvalue weighted by molar-refractivity contribution is 6.33. The number of rotatable bonds is 0. The molecule has 0 amide bonds. The number of fused-ring (bicyclic) bond motifs is 1. The number of carbonyl (C=O) groups is 2. The van der Waals surface area contributed by atoms with Gasteiger partial charge < -0.3 is 25.2 Å². The first-order valence-electron chi connectivity index (χ1n) is 7.88. The highest BCUT2D eigenvalue weighted by atomic mass is 35.5. The van der Waals surface area contributed by atoms with E-state index in [1.54, 1.807) is 0 Å². The SMILES string of the molecule is C[C@@H]1C[C@@H](O)[C@@H](O)/C=C\C=C\C(=O)Cc2c(Cl)c(O)cc(O)c2C(=O)O1. The van der Waals surface area contributed by atoms with Crippen molar-refractivity contribution in [2.75, 3.05) is 0 Å². The lowest BCUT2D eigenvalue weighted by atomic mass is 9.99. The van der Waals surface area contributed by atoms with Crippen molar-refractivity contribution in [1.29, 1.82) is 0 Å². The summed E-state index contributed by atoms with van der Waals surface area (Å²) in [5.41, 5.74) is -0.387. The number of hydrogen-bond donors (Lipinski definition) is 4. The molecule has 1 aliphatic heterocycles. The van der Waals surface area contributed by atoms with Gasteiger partial charge in [0.15, 0.2) is 5.78 Å².